The highest BCUT2D eigenvalue weighted by Crippen LogP contribution is 2.31. The SMILES string of the molecule is COc1ccc([N+](=O)[O-])c(OCC2CO2)c1. The van der Waals surface area contributed by atoms with Crippen molar-refractivity contribution in [2.75, 3.05) is 20.3 Å². The minimum Gasteiger partial charge on any atom is -0.497 e. The van der Waals surface area contributed by atoms with Crippen LogP contribution in [-0.2, 0) is 4.74 Å². The molecule has 0 aromatic heterocycles. The monoisotopic (exact) mass is 225 g/mol. The Morgan fingerprint density at radius 1 is 1.62 bits per heavy atom. The molecule has 1 aliphatic rings. The number of rotatable bonds is 5. The van der Waals surface area contributed by atoms with E-state index < -0.39 is 4.92 Å². The quantitative estimate of drug-likeness (QED) is 0.430. The lowest BCUT2D eigenvalue weighted by atomic mass is 10.3. The fraction of sp³-hybridized carbons (Fsp3) is 0.400. The molecule has 0 saturated carbocycles. The zero-order chi connectivity index (χ0) is 11.5. The normalized spacial score (nSPS) is 17.9. The first-order valence-electron chi connectivity index (χ1n) is 4.77. The van der Waals surface area contributed by atoms with E-state index in [0.717, 1.165) is 0 Å². The van der Waals surface area contributed by atoms with Gasteiger partial charge in [0.1, 0.15) is 18.5 Å². The highest BCUT2D eigenvalue weighted by molar-refractivity contribution is 5.50. The molecule has 86 valence electrons. The average molecular weight is 225 g/mol. The third-order valence-electron chi connectivity index (χ3n) is 2.19. The molecule has 16 heavy (non-hydrogen) atoms. The maximum atomic E-state index is 10.7. The van der Waals surface area contributed by atoms with Gasteiger partial charge in [0.2, 0.25) is 5.75 Å². The number of nitro benzene ring substituents is 1. The molecule has 1 unspecified atom stereocenters. The number of methoxy groups -OCH3 is 1. The van der Waals surface area contributed by atoms with Gasteiger partial charge in [0.05, 0.1) is 18.6 Å². The largest absolute Gasteiger partial charge is 0.497 e. The highest BCUT2D eigenvalue weighted by atomic mass is 16.6. The van der Waals surface area contributed by atoms with Gasteiger partial charge in [0, 0.05) is 12.1 Å². The maximum Gasteiger partial charge on any atom is 0.311 e. The minimum atomic E-state index is -0.484. The summed E-state index contributed by atoms with van der Waals surface area (Å²) < 4.78 is 15.3. The molecule has 0 radical (unpaired) electrons. The first-order valence-corrected chi connectivity index (χ1v) is 4.77. The van der Waals surface area contributed by atoms with E-state index in [0.29, 0.717) is 19.0 Å². The third kappa shape index (κ3) is 2.40. The van der Waals surface area contributed by atoms with E-state index in [1.165, 1.54) is 25.3 Å². The van der Waals surface area contributed by atoms with Gasteiger partial charge in [0.25, 0.3) is 0 Å². The molecule has 0 amide bonds. The van der Waals surface area contributed by atoms with Crippen LogP contribution in [0.15, 0.2) is 18.2 Å². The van der Waals surface area contributed by atoms with Crippen molar-refractivity contribution >= 4 is 5.69 Å². The summed E-state index contributed by atoms with van der Waals surface area (Å²) in [5.74, 6) is 0.733. The molecular formula is C10H11NO5. The Bertz CT molecular complexity index is 402. The van der Waals surface area contributed by atoms with Crippen LogP contribution in [0, 0.1) is 10.1 Å². The van der Waals surface area contributed by atoms with E-state index in [1.807, 2.05) is 0 Å². The van der Waals surface area contributed by atoms with Crippen molar-refractivity contribution in [2.24, 2.45) is 0 Å². The topological polar surface area (TPSA) is 74.1 Å². The Hall–Kier alpha value is -1.82. The third-order valence-corrected chi connectivity index (χ3v) is 2.19. The van der Waals surface area contributed by atoms with Crippen LogP contribution in [-0.4, -0.2) is 31.4 Å². The molecule has 1 atom stereocenters. The second kappa shape index (κ2) is 4.36. The van der Waals surface area contributed by atoms with E-state index >= 15 is 0 Å². The number of hydrogen-bond acceptors (Lipinski definition) is 5. The van der Waals surface area contributed by atoms with Crippen molar-refractivity contribution in [3.05, 3.63) is 28.3 Å². The molecule has 1 aliphatic heterocycles. The van der Waals surface area contributed by atoms with Crippen LogP contribution in [0.3, 0.4) is 0 Å². The van der Waals surface area contributed by atoms with Crippen LogP contribution >= 0.6 is 0 Å². The number of nitrogens with zero attached hydrogens (tertiary/aromatic N) is 1. The van der Waals surface area contributed by atoms with Crippen LogP contribution in [0.1, 0.15) is 0 Å². The first-order chi connectivity index (χ1) is 7.70. The lowest BCUT2D eigenvalue weighted by Gasteiger charge is -2.06. The van der Waals surface area contributed by atoms with E-state index in [4.69, 9.17) is 14.2 Å². The van der Waals surface area contributed by atoms with Gasteiger partial charge < -0.3 is 14.2 Å². The zero-order valence-electron chi connectivity index (χ0n) is 8.71. The number of hydrogen-bond donors (Lipinski definition) is 0. The summed E-state index contributed by atoms with van der Waals surface area (Å²) in [6.07, 6.45) is 0.0609. The summed E-state index contributed by atoms with van der Waals surface area (Å²) in [6, 6.07) is 4.39. The van der Waals surface area contributed by atoms with Crippen molar-refractivity contribution in [3.63, 3.8) is 0 Å². The van der Waals surface area contributed by atoms with Crippen molar-refractivity contribution in [3.8, 4) is 11.5 Å². The molecule has 1 aromatic carbocycles. The minimum absolute atomic E-state index is 0.0609. The van der Waals surface area contributed by atoms with Crippen molar-refractivity contribution in [1.82, 2.24) is 0 Å². The van der Waals surface area contributed by atoms with Crippen molar-refractivity contribution in [2.45, 2.75) is 6.10 Å². The summed E-state index contributed by atoms with van der Waals surface area (Å²) in [6.45, 7) is 0.978. The van der Waals surface area contributed by atoms with E-state index in [1.54, 1.807) is 0 Å². The second-order valence-corrected chi connectivity index (χ2v) is 3.36. The fourth-order valence-electron chi connectivity index (χ4n) is 1.23. The Kier molecular flexibility index (Phi) is 2.91. The van der Waals surface area contributed by atoms with E-state index in [9.17, 15) is 10.1 Å². The van der Waals surface area contributed by atoms with Gasteiger partial charge in [-0.25, -0.2) is 0 Å². The summed E-state index contributed by atoms with van der Waals surface area (Å²) >= 11 is 0. The smallest absolute Gasteiger partial charge is 0.311 e. The molecule has 0 bridgehead atoms. The molecule has 0 spiro atoms. The maximum absolute atomic E-state index is 10.7. The Morgan fingerprint density at radius 2 is 2.38 bits per heavy atom. The van der Waals surface area contributed by atoms with Crippen LogP contribution in [0.4, 0.5) is 5.69 Å². The van der Waals surface area contributed by atoms with Crippen LogP contribution in [0.5, 0.6) is 11.5 Å². The number of ether oxygens (including phenoxy) is 3. The number of epoxide rings is 1. The average Bonchev–Trinajstić information content (AvgIpc) is 3.09. The molecule has 1 saturated heterocycles. The Labute approximate surface area is 91.9 Å². The lowest BCUT2D eigenvalue weighted by Crippen LogP contribution is -2.06. The Morgan fingerprint density at radius 3 is 2.94 bits per heavy atom. The van der Waals surface area contributed by atoms with Gasteiger partial charge in [-0.05, 0) is 6.07 Å². The van der Waals surface area contributed by atoms with Crippen LogP contribution in [0.2, 0.25) is 0 Å². The van der Waals surface area contributed by atoms with Gasteiger partial charge in [0.15, 0.2) is 0 Å². The first kappa shape index (κ1) is 10.7. The van der Waals surface area contributed by atoms with Gasteiger partial charge in [-0.3, -0.25) is 10.1 Å². The fourth-order valence-corrected chi connectivity index (χ4v) is 1.23. The number of nitro groups is 1. The van der Waals surface area contributed by atoms with Gasteiger partial charge in [-0.2, -0.15) is 0 Å². The standard InChI is InChI=1S/C10H11NO5/c1-14-7-2-3-9(11(12)13)10(4-7)16-6-8-5-15-8/h2-4,8H,5-6H2,1H3. The lowest BCUT2D eigenvalue weighted by molar-refractivity contribution is -0.385. The van der Waals surface area contributed by atoms with Crippen molar-refractivity contribution in [1.29, 1.82) is 0 Å². The summed E-state index contributed by atoms with van der Waals surface area (Å²) in [7, 11) is 1.49. The summed E-state index contributed by atoms with van der Waals surface area (Å²) in [4.78, 5) is 10.3. The van der Waals surface area contributed by atoms with Gasteiger partial charge >= 0.3 is 5.69 Å². The summed E-state index contributed by atoms with van der Waals surface area (Å²) in [5.41, 5.74) is -0.0681. The van der Waals surface area contributed by atoms with E-state index in [2.05, 4.69) is 0 Å². The molecule has 0 aliphatic carbocycles. The molecule has 0 N–H and O–H groups in total. The highest BCUT2D eigenvalue weighted by Gasteiger charge is 2.25. The van der Waals surface area contributed by atoms with Crippen LogP contribution in [0.25, 0.3) is 0 Å². The zero-order valence-corrected chi connectivity index (χ0v) is 8.71. The molecule has 1 heterocycles. The van der Waals surface area contributed by atoms with E-state index in [-0.39, 0.29) is 17.5 Å². The Balaban J connectivity index is 2.18. The molecule has 2 rings (SSSR count). The van der Waals surface area contributed by atoms with Gasteiger partial charge in [-0.15, -0.1) is 0 Å². The summed E-state index contributed by atoms with van der Waals surface area (Å²) in [5, 5.41) is 10.7. The van der Waals surface area contributed by atoms with Crippen molar-refractivity contribution < 1.29 is 19.1 Å². The molecule has 1 aromatic rings. The predicted molar refractivity (Wildman–Crippen MR) is 54.9 cm³/mol. The molecule has 1 fully saturated rings. The predicted octanol–water partition coefficient (Wildman–Crippen LogP) is 1.38. The van der Waals surface area contributed by atoms with Gasteiger partial charge in [-0.1, -0.05) is 0 Å². The molecule has 6 heteroatoms. The molecule has 6 nitrogen and oxygen atoms in total. The van der Waals surface area contributed by atoms with Crippen LogP contribution < -0.4 is 9.47 Å². The number of benzene rings is 1. The second-order valence-electron chi connectivity index (χ2n) is 3.36. The molecular weight excluding hydrogens is 214 g/mol.